The number of hydrogen-bond acceptors (Lipinski definition) is 3. The Labute approximate surface area is 123 Å². The van der Waals surface area contributed by atoms with Gasteiger partial charge in [0.1, 0.15) is 5.92 Å². The molecule has 1 saturated heterocycles. The van der Waals surface area contributed by atoms with Crippen molar-refractivity contribution in [1.29, 1.82) is 0 Å². The molecule has 0 aromatic heterocycles. The van der Waals surface area contributed by atoms with Crippen LogP contribution in [0.3, 0.4) is 0 Å². The minimum atomic E-state index is -0.782. The molecule has 2 atom stereocenters. The Kier molecular flexibility index (Phi) is 3.27. The Morgan fingerprint density at radius 2 is 1.90 bits per heavy atom. The predicted octanol–water partition coefficient (Wildman–Crippen LogP) is 2.02. The highest BCUT2D eigenvalue weighted by Gasteiger charge is 2.46. The molecule has 1 heterocycles. The fourth-order valence-electron chi connectivity index (χ4n) is 3.29. The van der Waals surface area contributed by atoms with Gasteiger partial charge in [0.15, 0.2) is 0 Å². The van der Waals surface area contributed by atoms with Gasteiger partial charge in [0.2, 0.25) is 11.8 Å². The normalized spacial score (nSPS) is 25.3. The van der Waals surface area contributed by atoms with E-state index in [9.17, 15) is 14.4 Å². The summed E-state index contributed by atoms with van der Waals surface area (Å²) in [5.41, 5.74) is 2.18. The van der Waals surface area contributed by atoms with Crippen molar-refractivity contribution in [2.24, 2.45) is 11.8 Å². The number of barbiturate groups is 1. The number of fused-ring (bicyclic) bond motifs is 1. The zero-order valence-electron chi connectivity index (χ0n) is 12.1. The van der Waals surface area contributed by atoms with Crippen molar-refractivity contribution in [2.45, 2.75) is 32.7 Å². The molecule has 1 aliphatic heterocycles. The summed E-state index contributed by atoms with van der Waals surface area (Å²) in [7, 11) is 0. The van der Waals surface area contributed by atoms with E-state index in [1.165, 1.54) is 10.5 Å². The van der Waals surface area contributed by atoms with Crippen LogP contribution >= 0.6 is 0 Å². The minimum absolute atomic E-state index is 0.134. The van der Waals surface area contributed by atoms with Gasteiger partial charge in [-0.15, -0.1) is 0 Å². The van der Waals surface area contributed by atoms with Crippen LogP contribution in [0.5, 0.6) is 0 Å². The van der Waals surface area contributed by atoms with Gasteiger partial charge in [-0.3, -0.25) is 19.8 Å². The van der Waals surface area contributed by atoms with Gasteiger partial charge in [-0.2, -0.15) is 0 Å². The zero-order valence-corrected chi connectivity index (χ0v) is 12.1. The third-order valence-corrected chi connectivity index (χ3v) is 4.31. The van der Waals surface area contributed by atoms with E-state index in [-0.39, 0.29) is 17.9 Å². The molecule has 0 radical (unpaired) electrons. The molecule has 1 N–H and O–H groups in total. The SMILES string of the molecule is CC(C)C1C(=O)NC(=O)N(C2CCc3ccccc32)C1=O. The first-order valence-corrected chi connectivity index (χ1v) is 7.26. The molecule has 5 nitrogen and oxygen atoms in total. The van der Waals surface area contributed by atoms with E-state index in [4.69, 9.17) is 0 Å². The van der Waals surface area contributed by atoms with Crippen LogP contribution in [0.2, 0.25) is 0 Å². The van der Waals surface area contributed by atoms with Crippen molar-refractivity contribution >= 4 is 17.8 Å². The van der Waals surface area contributed by atoms with Crippen molar-refractivity contribution in [3.05, 3.63) is 35.4 Å². The first-order chi connectivity index (χ1) is 10.0. The highest BCUT2D eigenvalue weighted by atomic mass is 16.2. The summed E-state index contributed by atoms with van der Waals surface area (Å²) >= 11 is 0. The largest absolute Gasteiger partial charge is 0.331 e. The van der Waals surface area contributed by atoms with Gasteiger partial charge in [0.25, 0.3) is 0 Å². The number of carbonyl (C=O) groups is 3. The van der Waals surface area contributed by atoms with Gasteiger partial charge in [-0.1, -0.05) is 38.1 Å². The quantitative estimate of drug-likeness (QED) is 0.846. The van der Waals surface area contributed by atoms with Crippen LogP contribution in [0.4, 0.5) is 4.79 Å². The summed E-state index contributed by atoms with van der Waals surface area (Å²) in [6.07, 6.45) is 1.57. The number of nitrogens with zero attached hydrogens (tertiary/aromatic N) is 1. The van der Waals surface area contributed by atoms with Crippen LogP contribution < -0.4 is 5.32 Å². The van der Waals surface area contributed by atoms with E-state index in [0.717, 1.165) is 18.4 Å². The van der Waals surface area contributed by atoms with Crippen molar-refractivity contribution in [3.63, 3.8) is 0 Å². The predicted molar refractivity (Wildman–Crippen MR) is 76.2 cm³/mol. The van der Waals surface area contributed by atoms with Crippen LogP contribution in [0.25, 0.3) is 0 Å². The summed E-state index contributed by atoms with van der Waals surface area (Å²) in [5, 5.41) is 2.33. The Morgan fingerprint density at radius 3 is 2.62 bits per heavy atom. The summed E-state index contributed by atoms with van der Waals surface area (Å²) in [5.74, 6) is -1.77. The van der Waals surface area contributed by atoms with E-state index < -0.39 is 17.9 Å². The molecule has 1 aliphatic carbocycles. The van der Waals surface area contributed by atoms with Gasteiger partial charge in [-0.05, 0) is 29.9 Å². The molecule has 0 saturated carbocycles. The second-order valence-electron chi connectivity index (χ2n) is 5.98. The highest BCUT2D eigenvalue weighted by molar-refractivity contribution is 6.16. The van der Waals surface area contributed by atoms with Crippen molar-refractivity contribution in [1.82, 2.24) is 10.2 Å². The van der Waals surface area contributed by atoms with E-state index in [1.807, 2.05) is 38.1 Å². The van der Waals surface area contributed by atoms with Gasteiger partial charge >= 0.3 is 6.03 Å². The number of aryl methyl sites for hydroxylation is 1. The number of carbonyl (C=O) groups excluding carboxylic acids is 3. The van der Waals surface area contributed by atoms with Crippen molar-refractivity contribution < 1.29 is 14.4 Å². The van der Waals surface area contributed by atoms with Gasteiger partial charge in [0.05, 0.1) is 6.04 Å². The molecular formula is C16H18N2O3. The molecule has 2 aliphatic rings. The Morgan fingerprint density at radius 1 is 1.19 bits per heavy atom. The molecule has 110 valence electrons. The van der Waals surface area contributed by atoms with Crippen LogP contribution in [0, 0.1) is 11.8 Å². The van der Waals surface area contributed by atoms with Crippen LogP contribution in [-0.4, -0.2) is 22.7 Å². The topological polar surface area (TPSA) is 66.5 Å². The van der Waals surface area contributed by atoms with Crippen molar-refractivity contribution in [3.8, 4) is 0 Å². The Hall–Kier alpha value is -2.17. The maximum absolute atomic E-state index is 12.6. The van der Waals surface area contributed by atoms with Gasteiger partial charge < -0.3 is 0 Å². The third-order valence-electron chi connectivity index (χ3n) is 4.31. The summed E-state index contributed by atoms with van der Waals surface area (Å²) in [6, 6.07) is 6.99. The fourth-order valence-corrected chi connectivity index (χ4v) is 3.29. The smallest absolute Gasteiger partial charge is 0.277 e. The molecule has 1 aromatic rings. The minimum Gasteiger partial charge on any atom is -0.277 e. The van der Waals surface area contributed by atoms with Crippen molar-refractivity contribution in [2.75, 3.05) is 0 Å². The molecule has 1 aromatic carbocycles. The molecule has 21 heavy (non-hydrogen) atoms. The first-order valence-electron chi connectivity index (χ1n) is 7.26. The van der Waals surface area contributed by atoms with Gasteiger partial charge in [-0.25, -0.2) is 4.79 Å². The summed E-state index contributed by atoms with van der Waals surface area (Å²) < 4.78 is 0. The number of hydrogen-bond donors (Lipinski definition) is 1. The lowest BCUT2D eigenvalue weighted by molar-refractivity contribution is -0.146. The lowest BCUT2D eigenvalue weighted by atomic mass is 9.91. The molecule has 0 spiro atoms. The maximum atomic E-state index is 12.6. The third kappa shape index (κ3) is 2.13. The number of urea groups is 1. The molecule has 3 rings (SSSR count). The molecule has 4 amide bonds. The lowest BCUT2D eigenvalue weighted by Crippen LogP contribution is -2.59. The van der Waals surface area contributed by atoms with E-state index in [2.05, 4.69) is 5.32 Å². The number of rotatable bonds is 2. The summed E-state index contributed by atoms with van der Waals surface area (Å²) in [4.78, 5) is 37.9. The Balaban J connectivity index is 1.96. The van der Waals surface area contributed by atoms with Crippen LogP contribution in [0.1, 0.15) is 37.4 Å². The molecule has 0 bridgehead atoms. The maximum Gasteiger partial charge on any atom is 0.331 e. The number of nitrogens with one attached hydrogen (secondary N) is 1. The van der Waals surface area contributed by atoms with E-state index in [0.29, 0.717) is 0 Å². The lowest BCUT2D eigenvalue weighted by Gasteiger charge is -2.35. The molecule has 1 fully saturated rings. The average Bonchev–Trinajstić information content (AvgIpc) is 2.82. The van der Waals surface area contributed by atoms with E-state index >= 15 is 0 Å². The molecule has 5 heteroatoms. The second-order valence-corrected chi connectivity index (χ2v) is 5.98. The second kappa shape index (κ2) is 4.98. The highest BCUT2D eigenvalue weighted by Crippen LogP contribution is 2.37. The first kappa shape index (κ1) is 13.8. The standard InChI is InChI=1S/C16H18N2O3/c1-9(2)13-14(19)17-16(21)18(15(13)20)12-8-7-10-5-3-4-6-11(10)12/h3-6,9,12-13H,7-8H2,1-2H3,(H,17,19,21). The number of benzene rings is 1. The Bertz CT molecular complexity index is 624. The fraction of sp³-hybridized carbons (Fsp3) is 0.438. The average molecular weight is 286 g/mol. The number of imide groups is 2. The molecule has 2 unspecified atom stereocenters. The summed E-state index contributed by atoms with van der Waals surface area (Å²) in [6.45, 7) is 3.64. The van der Waals surface area contributed by atoms with Gasteiger partial charge in [0, 0.05) is 0 Å². The number of amides is 4. The molecular weight excluding hydrogens is 268 g/mol. The van der Waals surface area contributed by atoms with Crippen LogP contribution in [0.15, 0.2) is 24.3 Å². The monoisotopic (exact) mass is 286 g/mol. The van der Waals surface area contributed by atoms with E-state index in [1.54, 1.807) is 0 Å². The van der Waals surface area contributed by atoms with Crippen LogP contribution in [-0.2, 0) is 16.0 Å². The zero-order chi connectivity index (χ0) is 15.1.